The third-order valence-electron chi connectivity index (χ3n) is 6.81. The van der Waals surface area contributed by atoms with Crippen molar-refractivity contribution in [3.05, 3.63) is 58.2 Å². The van der Waals surface area contributed by atoms with Crippen LogP contribution >= 0.6 is 11.8 Å². The standard InChI is InChI=1S/C27H42N2O7S/c30-22(13-12-21-8-4-3-5-9-21)14-15-24-23(25(31)20-26(24)32)10-6-1-2-7-11-27(33)28-16-18-37-19-17-36-29(34)35/h1,3-6,8-9,22-26,30-32H,2,7,10-20H2,(H,28,33)/t22-,23+,24+,25-,26+/m0/s1. The maximum absolute atomic E-state index is 11.9. The van der Waals surface area contributed by atoms with E-state index in [1.54, 1.807) is 0 Å². The van der Waals surface area contributed by atoms with Gasteiger partial charge in [0.1, 0.15) is 6.61 Å². The summed E-state index contributed by atoms with van der Waals surface area (Å²) in [6, 6.07) is 10.1. The molecule has 1 aliphatic carbocycles. The second kappa shape index (κ2) is 18.2. The largest absolute Gasteiger partial charge is 0.393 e. The molecular formula is C27H42N2O7S. The van der Waals surface area contributed by atoms with Gasteiger partial charge in [-0.15, -0.1) is 10.1 Å². The van der Waals surface area contributed by atoms with Gasteiger partial charge in [-0.25, -0.2) is 0 Å². The van der Waals surface area contributed by atoms with Crippen molar-refractivity contribution in [1.82, 2.24) is 5.32 Å². The molecule has 1 aliphatic rings. The summed E-state index contributed by atoms with van der Waals surface area (Å²) in [4.78, 5) is 26.2. The molecular weight excluding hydrogens is 496 g/mol. The highest BCUT2D eigenvalue weighted by molar-refractivity contribution is 7.99. The van der Waals surface area contributed by atoms with Gasteiger partial charge < -0.3 is 25.5 Å². The van der Waals surface area contributed by atoms with Gasteiger partial charge >= 0.3 is 0 Å². The number of allylic oxidation sites excluding steroid dienone is 2. The van der Waals surface area contributed by atoms with E-state index in [1.165, 1.54) is 17.3 Å². The number of nitrogens with one attached hydrogen (secondary N) is 1. The van der Waals surface area contributed by atoms with Crippen molar-refractivity contribution in [1.29, 1.82) is 0 Å². The predicted molar refractivity (Wildman–Crippen MR) is 145 cm³/mol. The predicted octanol–water partition coefficient (Wildman–Crippen LogP) is 3.29. The first-order valence-corrected chi connectivity index (χ1v) is 14.4. The van der Waals surface area contributed by atoms with Gasteiger partial charge in [-0.3, -0.25) is 4.79 Å². The molecule has 5 atom stereocenters. The van der Waals surface area contributed by atoms with Crippen molar-refractivity contribution in [2.24, 2.45) is 11.8 Å². The summed E-state index contributed by atoms with van der Waals surface area (Å²) in [6.07, 6.45) is 8.32. The Morgan fingerprint density at radius 2 is 1.92 bits per heavy atom. The fourth-order valence-corrected chi connectivity index (χ4v) is 5.43. The molecule has 0 heterocycles. The summed E-state index contributed by atoms with van der Waals surface area (Å²) < 4.78 is 0. The summed E-state index contributed by atoms with van der Waals surface area (Å²) in [7, 11) is 0. The Morgan fingerprint density at radius 3 is 2.68 bits per heavy atom. The quantitative estimate of drug-likeness (QED) is 0.0910. The number of nitrogens with zero attached hydrogens (tertiary/aromatic N) is 1. The number of thioether (sulfide) groups is 1. The van der Waals surface area contributed by atoms with Gasteiger partial charge in [0.05, 0.1) is 18.3 Å². The van der Waals surface area contributed by atoms with E-state index < -0.39 is 23.4 Å². The fourth-order valence-electron chi connectivity index (χ4n) is 4.79. The van der Waals surface area contributed by atoms with Gasteiger partial charge in [0.25, 0.3) is 5.09 Å². The molecule has 0 saturated heterocycles. The minimum atomic E-state index is -0.811. The molecule has 1 aromatic carbocycles. The van der Waals surface area contributed by atoms with Crippen molar-refractivity contribution >= 4 is 17.7 Å². The van der Waals surface area contributed by atoms with Gasteiger partial charge in [-0.05, 0) is 68.8 Å². The number of aliphatic hydroxyl groups is 3. The minimum Gasteiger partial charge on any atom is -0.393 e. The van der Waals surface area contributed by atoms with Crippen molar-refractivity contribution in [2.45, 2.75) is 76.1 Å². The van der Waals surface area contributed by atoms with Crippen LogP contribution in [0.25, 0.3) is 0 Å². The zero-order valence-electron chi connectivity index (χ0n) is 21.5. The molecule has 2 rings (SSSR count). The number of carbonyl (C=O) groups excluding carboxylic acids is 1. The van der Waals surface area contributed by atoms with Crippen LogP contribution in [0.5, 0.6) is 0 Å². The minimum absolute atomic E-state index is 0.0178. The van der Waals surface area contributed by atoms with Crippen LogP contribution in [-0.2, 0) is 16.1 Å². The number of aryl methyl sites for hydroxylation is 1. The van der Waals surface area contributed by atoms with E-state index in [9.17, 15) is 30.2 Å². The van der Waals surface area contributed by atoms with E-state index in [-0.39, 0.29) is 24.3 Å². The second-order valence-electron chi connectivity index (χ2n) is 9.57. The summed E-state index contributed by atoms with van der Waals surface area (Å²) in [5.74, 6) is 1.11. The van der Waals surface area contributed by atoms with Crippen LogP contribution < -0.4 is 5.32 Å². The van der Waals surface area contributed by atoms with E-state index in [0.29, 0.717) is 56.6 Å². The molecule has 208 valence electrons. The van der Waals surface area contributed by atoms with Crippen molar-refractivity contribution in [3.8, 4) is 0 Å². The Hall–Kier alpha value is -2.14. The third kappa shape index (κ3) is 13.3. The highest BCUT2D eigenvalue weighted by Crippen LogP contribution is 2.38. The molecule has 0 bridgehead atoms. The topological polar surface area (TPSA) is 142 Å². The van der Waals surface area contributed by atoms with Gasteiger partial charge in [-0.2, -0.15) is 11.8 Å². The van der Waals surface area contributed by atoms with Gasteiger partial charge in [-0.1, -0.05) is 42.5 Å². The molecule has 37 heavy (non-hydrogen) atoms. The van der Waals surface area contributed by atoms with Crippen LogP contribution in [0.3, 0.4) is 0 Å². The number of aliphatic hydroxyl groups excluding tert-OH is 3. The lowest BCUT2D eigenvalue weighted by molar-refractivity contribution is -0.756. The zero-order valence-corrected chi connectivity index (χ0v) is 22.3. The molecule has 9 nitrogen and oxygen atoms in total. The molecule has 1 aromatic rings. The molecule has 1 saturated carbocycles. The summed E-state index contributed by atoms with van der Waals surface area (Å²) in [5.41, 5.74) is 1.20. The van der Waals surface area contributed by atoms with Crippen molar-refractivity contribution in [3.63, 3.8) is 0 Å². The molecule has 1 fully saturated rings. The number of carbonyl (C=O) groups is 1. The highest BCUT2D eigenvalue weighted by Gasteiger charge is 2.40. The van der Waals surface area contributed by atoms with E-state index in [0.717, 1.165) is 19.3 Å². The number of benzene rings is 1. The van der Waals surface area contributed by atoms with Gasteiger partial charge in [0, 0.05) is 24.5 Å². The smallest absolute Gasteiger partial charge is 0.294 e. The lowest BCUT2D eigenvalue weighted by Crippen LogP contribution is -2.25. The fraction of sp³-hybridized carbons (Fsp3) is 0.667. The second-order valence-corrected chi connectivity index (χ2v) is 10.8. The number of amides is 1. The Labute approximate surface area is 223 Å². The van der Waals surface area contributed by atoms with E-state index in [2.05, 4.69) is 22.3 Å². The molecule has 0 aliphatic heterocycles. The number of hydrogen-bond donors (Lipinski definition) is 4. The molecule has 0 aromatic heterocycles. The summed E-state index contributed by atoms with van der Waals surface area (Å²) in [6.45, 7) is 0.564. The maximum Gasteiger partial charge on any atom is 0.294 e. The third-order valence-corrected chi connectivity index (χ3v) is 7.75. The Kier molecular flexibility index (Phi) is 15.3. The first-order valence-electron chi connectivity index (χ1n) is 13.2. The van der Waals surface area contributed by atoms with Gasteiger partial charge in [0.2, 0.25) is 5.91 Å². The molecule has 0 radical (unpaired) electrons. The van der Waals surface area contributed by atoms with Crippen LogP contribution in [0.4, 0.5) is 0 Å². The van der Waals surface area contributed by atoms with Crippen LogP contribution in [0.2, 0.25) is 0 Å². The highest BCUT2D eigenvalue weighted by atomic mass is 32.2. The number of rotatable bonds is 19. The Balaban J connectivity index is 1.57. The van der Waals surface area contributed by atoms with E-state index in [4.69, 9.17) is 0 Å². The summed E-state index contributed by atoms with van der Waals surface area (Å²) in [5, 5.41) is 43.4. The van der Waals surface area contributed by atoms with Crippen molar-refractivity contribution in [2.75, 3.05) is 24.7 Å². The van der Waals surface area contributed by atoms with Crippen molar-refractivity contribution < 1.29 is 30.0 Å². The first kappa shape index (κ1) is 31.1. The molecule has 0 spiro atoms. The lowest BCUT2D eigenvalue weighted by Gasteiger charge is -2.23. The maximum atomic E-state index is 11.9. The van der Waals surface area contributed by atoms with E-state index >= 15 is 0 Å². The Morgan fingerprint density at radius 1 is 1.16 bits per heavy atom. The first-order chi connectivity index (χ1) is 17.9. The Bertz CT molecular complexity index is 811. The number of unbranched alkanes of at least 4 members (excludes halogenated alkanes) is 1. The molecule has 4 N–H and O–H groups in total. The zero-order chi connectivity index (χ0) is 26.9. The van der Waals surface area contributed by atoms with Crippen LogP contribution in [0, 0.1) is 22.0 Å². The average Bonchev–Trinajstić information content (AvgIpc) is 3.15. The van der Waals surface area contributed by atoms with Gasteiger partial charge in [0.15, 0.2) is 0 Å². The average molecular weight is 539 g/mol. The summed E-state index contributed by atoms with van der Waals surface area (Å²) >= 11 is 1.48. The molecule has 10 heteroatoms. The molecule has 0 unspecified atom stereocenters. The monoisotopic (exact) mass is 538 g/mol. The van der Waals surface area contributed by atoms with E-state index in [1.807, 2.05) is 30.4 Å². The van der Waals surface area contributed by atoms with Crippen LogP contribution in [0.15, 0.2) is 42.5 Å². The number of hydrogen-bond acceptors (Lipinski definition) is 8. The van der Waals surface area contributed by atoms with Crippen LogP contribution in [-0.4, -0.2) is 69.3 Å². The normalized spacial score (nSPS) is 22.2. The lowest BCUT2D eigenvalue weighted by atomic mass is 9.85. The van der Waals surface area contributed by atoms with Crippen LogP contribution in [0.1, 0.15) is 56.9 Å². The SMILES string of the molecule is O=C(CCCC=CC[C@@H]1[C@@H](CC[C@@H](O)CCc2ccccc2)[C@H](O)C[C@@H]1O)NCCSCCO[N+](=O)[O-]. The molecule has 1 amide bonds.